The number of carbonyl (C=O) groups excluding carboxylic acids is 1. The van der Waals surface area contributed by atoms with Gasteiger partial charge >= 0.3 is 6.61 Å². The van der Waals surface area contributed by atoms with E-state index in [0.717, 1.165) is 6.42 Å². The number of rotatable bonds is 5. The average Bonchev–Trinajstić information content (AvgIpc) is 2.87. The van der Waals surface area contributed by atoms with Gasteiger partial charge in [0.1, 0.15) is 0 Å². The summed E-state index contributed by atoms with van der Waals surface area (Å²) in [4.78, 5) is 14.3. The Labute approximate surface area is 140 Å². The number of hydrogen-bond acceptors (Lipinski definition) is 4. The van der Waals surface area contributed by atoms with E-state index in [1.807, 2.05) is 6.92 Å². The molecule has 2 atom stereocenters. The molecular formula is C15H21ClF2N2O3. The van der Waals surface area contributed by atoms with Crippen LogP contribution in [0.25, 0.3) is 0 Å². The number of alkyl halides is 2. The number of benzene rings is 1. The molecule has 1 aliphatic rings. The van der Waals surface area contributed by atoms with E-state index in [1.165, 1.54) is 19.2 Å². The Hall–Kier alpha value is -1.60. The zero-order valence-corrected chi connectivity index (χ0v) is 13.8. The summed E-state index contributed by atoms with van der Waals surface area (Å²) in [6, 6.07) is 4.52. The molecule has 0 saturated carbocycles. The molecular weight excluding hydrogens is 330 g/mol. The molecule has 2 unspecified atom stereocenters. The van der Waals surface area contributed by atoms with Gasteiger partial charge in [-0.1, -0.05) is 6.07 Å². The Kier molecular flexibility index (Phi) is 7.02. The van der Waals surface area contributed by atoms with E-state index >= 15 is 0 Å². The van der Waals surface area contributed by atoms with Gasteiger partial charge in [-0.05, 0) is 37.9 Å². The summed E-state index contributed by atoms with van der Waals surface area (Å²) in [6.45, 7) is -0.105. The van der Waals surface area contributed by atoms with Crippen molar-refractivity contribution in [1.29, 1.82) is 0 Å². The Morgan fingerprint density at radius 1 is 1.48 bits per heavy atom. The minimum absolute atomic E-state index is 0. The first-order valence-electron chi connectivity index (χ1n) is 7.10. The van der Waals surface area contributed by atoms with Crippen LogP contribution in [-0.2, 0) is 0 Å². The molecule has 1 heterocycles. The molecule has 1 aromatic rings. The van der Waals surface area contributed by atoms with Crippen LogP contribution in [0.15, 0.2) is 18.2 Å². The number of halogens is 3. The lowest BCUT2D eigenvalue weighted by molar-refractivity contribution is -0.0516. The summed E-state index contributed by atoms with van der Waals surface area (Å²) in [6.07, 6.45) is 0.803. The fraction of sp³-hybridized carbons (Fsp3) is 0.533. The van der Waals surface area contributed by atoms with E-state index in [0.29, 0.717) is 13.1 Å². The summed E-state index contributed by atoms with van der Waals surface area (Å²) in [5, 5.41) is 0. The Bertz CT molecular complexity index is 545. The van der Waals surface area contributed by atoms with Crippen molar-refractivity contribution in [2.45, 2.75) is 26.0 Å². The molecule has 0 aliphatic carbocycles. The zero-order valence-electron chi connectivity index (χ0n) is 13.0. The summed E-state index contributed by atoms with van der Waals surface area (Å²) >= 11 is 0. The molecule has 0 spiro atoms. The van der Waals surface area contributed by atoms with E-state index in [-0.39, 0.29) is 47.3 Å². The molecule has 8 heteroatoms. The molecule has 1 aliphatic heterocycles. The second-order valence-electron chi connectivity index (χ2n) is 5.36. The fourth-order valence-electron chi connectivity index (χ4n) is 2.81. The third kappa shape index (κ3) is 4.23. The van der Waals surface area contributed by atoms with Gasteiger partial charge in [0.05, 0.1) is 12.7 Å². The van der Waals surface area contributed by atoms with E-state index in [1.54, 1.807) is 11.0 Å². The number of para-hydroxylation sites is 1. The van der Waals surface area contributed by atoms with Crippen LogP contribution in [0.4, 0.5) is 8.78 Å². The van der Waals surface area contributed by atoms with Crippen molar-refractivity contribution in [2.24, 2.45) is 11.7 Å². The second-order valence-corrected chi connectivity index (χ2v) is 5.36. The number of carbonyl (C=O) groups is 1. The van der Waals surface area contributed by atoms with Gasteiger partial charge in [0.25, 0.3) is 5.91 Å². The summed E-state index contributed by atoms with van der Waals surface area (Å²) in [7, 11) is 1.34. The van der Waals surface area contributed by atoms with Crippen molar-refractivity contribution in [1.82, 2.24) is 4.90 Å². The Balaban J connectivity index is 0.00000264. The lowest BCUT2D eigenvalue weighted by Crippen LogP contribution is -2.34. The summed E-state index contributed by atoms with van der Waals surface area (Å²) in [5.74, 6) is -0.246. The third-order valence-corrected chi connectivity index (χ3v) is 3.89. The number of methoxy groups -OCH3 is 1. The van der Waals surface area contributed by atoms with Crippen LogP contribution in [0.2, 0.25) is 0 Å². The molecule has 1 amide bonds. The van der Waals surface area contributed by atoms with Gasteiger partial charge in [-0.2, -0.15) is 8.78 Å². The molecule has 1 aromatic carbocycles. The van der Waals surface area contributed by atoms with E-state index in [2.05, 4.69) is 4.74 Å². The first-order chi connectivity index (χ1) is 10.5. The van der Waals surface area contributed by atoms with Crippen LogP contribution >= 0.6 is 12.4 Å². The molecule has 0 aromatic heterocycles. The molecule has 1 fully saturated rings. The Morgan fingerprint density at radius 2 is 2.17 bits per heavy atom. The minimum Gasteiger partial charge on any atom is -0.493 e. The number of nitrogens with two attached hydrogens (primary N) is 1. The van der Waals surface area contributed by atoms with Crippen molar-refractivity contribution >= 4 is 18.3 Å². The maximum atomic E-state index is 12.7. The molecule has 5 nitrogen and oxygen atoms in total. The van der Waals surface area contributed by atoms with E-state index < -0.39 is 6.61 Å². The van der Waals surface area contributed by atoms with Crippen molar-refractivity contribution in [3.63, 3.8) is 0 Å². The highest BCUT2D eigenvalue weighted by atomic mass is 35.5. The zero-order chi connectivity index (χ0) is 16.3. The fourth-order valence-corrected chi connectivity index (χ4v) is 2.81. The van der Waals surface area contributed by atoms with E-state index in [4.69, 9.17) is 10.5 Å². The Morgan fingerprint density at radius 3 is 2.70 bits per heavy atom. The van der Waals surface area contributed by atoms with Crippen LogP contribution in [0.1, 0.15) is 23.7 Å². The van der Waals surface area contributed by atoms with Gasteiger partial charge in [-0.25, -0.2) is 0 Å². The van der Waals surface area contributed by atoms with Gasteiger partial charge < -0.3 is 20.1 Å². The smallest absolute Gasteiger partial charge is 0.387 e. The number of likely N-dealkylation sites (tertiary alicyclic amines) is 1. The average molecular weight is 351 g/mol. The summed E-state index contributed by atoms with van der Waals surface area (Å²) < 4.78 is 34.8. The first-order valence-corrected chi connectivity index (χ1v) is 7.10. The number of hydrogen-bond donors (Lipinski definition) is 1. The van der Waals surface area contributed by atoms with Crippen LogP contribution in [0, 0.1) is 5.92 Å². The molecule has 2 rings (SSSR count). The lowest BCUT2D eigenvalue weighted by atomic mass is 10.1. The largest absolute Gasteiger partial charge is 0.493 e. The number of ether oxygens (including phenoxy) is 2. The van der Waals surface area contributed by atoms with Gasteiger partial charge in [0.2, 0.25) is 0 Å². The topological polar surface area (TPSA) is 64.8 Å². The molecule has 1 saturated heterocycles. The second kappa shape index (κ2) is 8.31. The molecule has 0 radical (unpaired) electrons. The molecule has 23 heavy (non-hydrogen) atoms. The highest BCUT2D eigenvalue weighted by Crippen LogP contribution is 2.35. The summed E-state index contributed by atoms with van der Waals surface area (Å²) in [5.41, 5.74) is 5.73. The van der Waals surface area contributed by atoms with Crippen LogP contribution < -0.4 is 15.2 Å². The predicted molar refractivity (Wildman–Crippen MR) is 84.5 cm³/mol. The molecule has 130 valence electrons. The number of amides is 1. The van der Waals surface area contributed by atoms with Gasteiger partial charge in [-0.15, -0.1) is 12.4 Å². The van der Waals surface area contributed by atoms with Crippen LogP contribution in [0.3, 0.4) is 0 Å². The van der Waals surface area contributed by atoms with Gasteiger partial charge in [0.15, 0.2) is 11.5 Å². The van der Waals surface area contributed by atoms with Gasteiger partial charge in [0, 0.05) is 12.6 Å². The predicted octanol–water partition coefficient (Wildman–Crippen LogP) is 2.53. The minimum atomic E-state index is -3.03. The quantitative estimate of drug-likeness (QED) is 0.886. The third-order valence-electron chi connectivity index (χ3n) is 3.89. The van der Waals surface area contributed by atoms with Crippen molar-refractivity contribution < 1.29 is 23.0 Å². The van der Waals surface area contributed by atoms with Gasteiger partial charge in [-0.3, -0.25) is 4.79 Å². The maximum absolute atomic E-state index is 12.7. The molecule has 0 bridgehead atoms. The SMILES string of the molecule is COc1cccc(C(=O)N2CC(CN)CC2C)c1OC(F)F.Cl. The normalized spacial score (nSPS) is 20.3. The molecule has 2 N–H and O–H groups in total. The maximum Gasteiger partial charge on any atom is 0.387 e. The highest BCUT2D eigenvalue weighted by molar-refractivity contribution is 5.98. The number of nitrogens with zero attached hydrogens (tertiary/aromatic N) is 1. The van der Waals surface area contributed by atoms with Crippen molar-refractivity contribution in [2.75, 3.05) is 20.2 Å². The van der Waals surface area contributed by atoms with Crippen LogP contribution in [0.5, 0.6) is 11.5 Å². The standard InChI is InChI=1S/C15H20F2N2O3.ClH/c1-9-6-10(7-18)8-19(9)14(20)11-4-3-5-12(21-2)13(11)22-15(16)17;/h3-5,9-10,15H,6-8,18H2,1-2H3;1H. The van der Waals surface area contributed by atoms with Crippen LogP contribution in [-0.4, -0.2) is 43.7 Å². The highest BCUT2D eigenvalue weighted by Gasteiger charge is 2.34. The van der Waals surface area contributed by atoms with Crippen molar-refractivity contribution in [3.05, 3.63) is 23.8 Å². The van der Waals surface area contributed by atoms with Crippen molar-refractivity contribution in [3.8, 4) is 11.5 Å². The lowest BCUT2D eigenvalue weighted by Gasteiger charge is -2.23. The van der Waals surface area contributed by atoms with E-state index in [9.17, 15) is 13.6 Å². The monoisotopic (exact) mass is 350 g/mol. The first kappa shape index (κ1) is 19.4.